The molecule has 19 heavy (non-hydrogen) atoms. The van der Waals surface area contributed by atoms with Crippen molar-refractivity contribution in [2.24, 2.45) is 0 Å². The molecule has 2 N–H and O–H groups in total. The van der Waals surface area contributed by atoms with Crippen molar-refractivity contribution in [2.75, 3.05) is 18.4 Å². The van der Waals surface area contributed by atoms with Gasteiger partial charge in [0.1, 0.15) is 0 Å². The molecule has 0 saturated carbocycles. The van der Waals surface area contributed by atoms with E-state index in [9.17, 15) is 9.59 Å². The fourth-order valence-electron chi connectivity index (χ4n) is 2.10. The third kappa shape index (κ3) is 3.94. The first-order valence-corrected chi connectivity index (χ1v) is 6.40. The first-order chi connectivity index (χ1) is 9.15. The molecule has 102 valence electrons. The third-order valence-corrected chi connectivity index (χ3v) is 2.96. The van der Waals surface area contributed by atoms with Gasteiger partial charge in [0.2, 0.25) is 5.91 Å². The molecule has 6 nitrogen and oxygen atoms in total. The minimum atomic E-state index is -0.285. The maximum atomic E-state index is 11.7. The van der Waals surface area contributed by atoms with Crippen LogP contribution in [-0.4, -0.2) is 41.0 Å². The average molecular weight is 262 g/mol. The second kappa shape index (κ2) is 6.17. The minimum Gasteiger partial charge on any atom is -0.341 e. The van der Waals surface area contributed by atoms with Gasteiger partial charge in [0.15, 0.2) is 0 Å². The van der Waals surface area contributed by atoms with Gasteiger partial charge in [0.05, 0.1) is 11.9 Å². The van der Waals surface area contributed by atoms with Crippen molar-refractivity contribution >= 4 is 17.6 Å². The summed E-state index contributed by atoms with van der Waals surface area (Å²) in [4.78, 5) is 28.9. The van der Waals surface area contributed by atoms with Gasteiger partial charge in [-0.1, -0.05) is 0 Å². The molecule has 1 fully saturated rings. The molecule has 1 aliphatic heterocycles. The second-order valence-electron chi connectivity index (χ2n) is 4.68. The van der Waals surface area contributed by atoms with Crippen molar-refractivity contribution in [3.05, 3.63) is 24.5 Å². The van der Waals surface area contributed by atoms with E-state index in [0.717, 1.165) is 13.0 Å². The van der Waals surface area contributed by atoms with Gasteiger partial charge in [-0.05, 0) is 25.5 Å². The Morgan fingerprint density at radius 3 is 3.05 bits per heavy atom. The van der Waals surface area contributed by atoms with E-state index in [1.165, 1.54) is 0 Å². The predicted octanol–water partition coefficient (Wildman–Crippen LogP) is 1.21. The van der Waals surface area contributed by atoms with Crippen LogP contribution in [0.3, 0.4) is 0 Å². The number of urea groups is 1. The molecule has 3 amide bonds. The molecule has 0 aromatic carbocycles. The Morgan fingerprint density at radius 2 is 2.42 bits per heavy atom. The van der Waals surface area contributed by atoms with Crippen molar-refractivity contribution in [1.82, 2.24) is 15.2 Å². The fraction of sp³-hybridized carbons (Fsp3) is 0.462. The number of carbonyl (C=O) groups is 2. The summed E-state index contributed by atoms with van der Waals surface area (Å²) in [7, 11) is 0. The maximum Gasteiger partial charge on any atom is 0.319 e. The van der Waals surface area contributed by atoms with Gasteiger partial charge in [-0.15, -0.1) is 0 Å². The van der Waals surface area contributed by atoms with Crippen molar-refractivity contribution in [3.63, 3.8) is 0 Å². The molecule has 1 aromatic rings. The summed E-state index contributed by atoms with van der Waals surface area (Å²) in [5.74, 6) is 0.168. The van der Waals surface area contributed by atoms with Crippen molar-refractivity contribution in [3.8, 4) is 0 Å². The topological polar surface area (TPSA) is 74.3 Å². The van der Waals surface area contributed by atoms with Crippen LogP contribution < -0.4 is 10.6 Å². The Morgan fingerprint density at radius 1 is 1.58 bits per heavy atom. The Labute approximate surface area is 112 Å². The molecule has 2 rings (SSSR count). The van der Waals surface area contributed by atoms with Gasteiger partial charge in [0.25, 0.3) is 0 Å². The van der Waals surface area contributed by atoms with Crippen LogP contribution in [0.25, 0.3) is 0 Å². The number of rotatable bonds is 4. The van der Waals surface area contributed by atoms with Crippen molar-refractivity contribution < 1.29 is 9.59 Å². The number of hydrogen-bond acceptors (Lipinski definition) is 3. The van der Waals surface area contributed by atoms with Crippen LogP contribution in [0, 0.1) is 0 Å². The first kappa shape index (κ1) is 13.3. The summed E-state index contributed by atoms with van der Waals surface area (Å²) >= 11 is 0. The largest absolute Gasteiger partial charge is 0.341 e. The van der Waals surface area contributed by atoms with E-state index in [4.69, 9.17) is 0 Å². The summed E-state index contributed by atoms with van der Waals surface area (Å²) in [6.07, 6.45) is 4.75. The molecule has 0 aliphatic carbocycles. The summed E-state index contributed by atoms with van der Waals surface area (Å²) in [6, 6.07) is 3.15. The highest BCUT2D eigenvalue weighted by Gasteiger charge is 2.22. The fourth-order valence-corrected chi connectivity index (χ4v) is 2.10. The lowest BCUT2D eigenvalue weighted by atomic mass is 10.3. The number of amides is 3. The highest BCUT2D eigenvalue weighted by Crippen LogP contribution is 2.09. The second-order valence-corrected chi connectivity index (χ2v) is 4.68. The van der Waals surface area contributed by atoms with Crippen molar-refractivity contribution in [2.45, 2.75) is 25.8 Å². The zero-order valence-electron chi connectivity index (χ0n) is 10.9. The highest BCUT2D eigenvalue weighted by atomic mass is 16.2. The van der Waals surface area contributed by atoms with Crippen LogP contribution in [0.5, 0.6) is 0 Å². The average Bonchev–Trinajstić information content (AvgIpc) is 2.76. The number of aromatic nitrogens is 1. The zero-order valence-corrected chi connectivity index (χ0v) is 10.9. The summed E-state index contributed by atoms with van der Waals surface area (Å²) in [6.45, 7) is 3.22. The summed E-state index contributed by atoms with van der Waals surface area (Å²) < 4.78 is 0. The van der Waals surface area contributed by atoms with Crippen molar-refractivity contribution in [1.29, 1.82) is 0 Å². The molecule has 0 bridgehead atoms. The number of anilines is 1. The maximum absolute atomic E-state index is 11.7. The van der Waals surface area contributed by atoms with Gasteiger partial charge in [0, 0.05) is 31.7 Å². The number of nitrogens with zero attached hydrogens (tertiary/aromatic N) is 2. The number of carbonyl (C=O) groups excluding carboxylic acids is 2. The number of likely N-dealkylation sites (tertiary alicyclic amines) is 1. The van der Waals surface area contributed by atoms with Gasteiger partial charge >= 0.3 is 6.03 Å². The summed E-state index contributed by atoms with van der Waals surface area (Å²) in [5.41, 5.74) is 0.643. The molecule has 1 aromatic heterocycles. The van der Waals surface area contributed by atoms with Crippen LogP contribution in [0.4, 0.5) is 10.5 Å². The molecular weight excluding hydrogens is 244 g/mol. The molecule has 1 aliphatic rings. The van der Waals surface area contributed by atoms with Crippen LogP contribution in [-0.2, 0) is 4.79 Å². The lowest BCUT2D eigenvalue weighted by molar-refractivity contribution is -0.127. The molecule has 1 atom stereocenters. The van der Waals surface area contributed by atoms with E-state index >= 15 is 0 Å². The molecule has 1 saturated heterocycles. The van der Waals surface area contributed by atoms with E-state index in [0.29, 0.717) is 18.7 Å². The van der Waals surface area contributed by atoms with Gasteiger partial charge in [-0.3, -0.25) is 9.78 Å². The van der Waals surface area contributed by atoms with E-state index in [1.54, 1.807) is 29.4 Å². The van der Waals surface area contributed by atoms with E-state index in [-0.39, 0.29) is 18.0 Å². The summed E-state index contributed by atoms with van der Waals surface area (Å²) in [5, 5.41) is 5.50. The molecule has 6 heteroatoms. The minimum absolute atomic E-state index is 0.0845. The standard InChI is InChI=1S/C13H18N4O2/c1-10(9-17-7-3-5-12(17)18)15-13(19)16-11-4-2-6-14-8-11/h2,4,6,8,10H,3,5,7,9H2,1H3,(H2,15,16,19)/t10-/m1/s1. The third-order valence-electron chi connectivity index (χ3n) is 2.96. The van der Waals surface area contributed by atoms with Crippen LogP contribution in [0.1, 0.15) is 19.8 Å². The molecule has 0 spiro atoms. The Balaban J connectivity index is 1.77. The lowest BCUT2D eigenvalue weighted by Crippen LogP contribution is -2.44. The number of hydrogen-bond donors (Lipinski definition) is 2. The predicted molar refractivity (Wildman–Crippen MR) is 71.7 cm³/mol. The van der Waals surface area contributed by atoms with E-state index in [2.05, 4.69) is 15.6 Å². The SMILES string of the molecule is C[C@H](CN1CCCC1=O)NC(=O)Nc1cccnc1. The smallest absolute Gasteiger partial charge is 0.319 e. The quantitative estimate of drug-likeness (QED) is 0.856. The van der Waals surface area contributed by atoms with Crippen LogP contribution >= 0.6 is 0 Å². The van der Waals surface area contributed by atoms with Gasteiger partial charge in [-0.25, -0.2) is 4.79 Å². The Kier molecular flexibility index (Phi) is 4.33. The molecule has 2 heterocycles. The van der Waals surface area contributed by atoms with Crippen LogP contribution in [0.2, 0.25) is 0 Å². The van der Waals surface area contributed by atoms with E-state index in [1.807, 2.05) is 6.92 Å². The number of pyridine rings is 1. The monoisotopic (exact) mass is 262 g/mol. The van der Waals surface area contributed by atoms with Gasteiger partial charge in [-0.2, -0.15) is 0 Å². The normalized spacial score (nSPS) is 16.3. The zero-order chi connectivity index (χ0) is 13.7. The Bertz CT molecular complexity index is 449. The first-order valence-electron chi connectivity index (χ1n) is 6.40. The number of nitrogens with one attached hydrogen (secondary N) is 2. The highest BCUT2D eigenvalue weighted by molar-refractivity contribution is 5.89. The lowest BCUT2D eigenvalue weighted by Gasteiger charge is -2.21. The van der Waals surface area contributed by atoms with Gasteiger partial charge < -0.3 is 15.5 Å². The Hall–Kier alpha value is -2.11. The molecular formula is C13H18N4O2. The molecule has 0 unspecified atom stereocenters. The van der Waals surface area contributed by atoms with E-state index < -0.39 is 0 Å². The van der Waals surface area contributed by atoms with Crippen LogP contribution in [0.15, 0.2) is 24.5 Å². The molecule has 0 radical (unpaired) electrons.